The molecule has 7 nitrogen and oxygen atoms in total. The number of hydrogen-bond donors (Lipinski definition) is 2. The molecule has 0 saturated carbocycles. The highest BCUT2D eigenvalue weighted by Gasteiger charge is 2.26. The van der Waals surface area contributed by atoms with Gasteiger partial charge in [-0.25, -0.2) is 0 Å². The lowest BCUT2D eigenvalue weighted by molar-refractivity contribution is -0.123. The Kier molecular flexibility index (Phi) is 6.28. The summed E-state index contributed by atoms with van der Waals surface area (Å²) < 4.78 is 0. The quantitative estimate of drug-likeness (QED) is 0.625. The molecule has 3 aromatic rings. The van der Waals surface area contributed by atoms with Gasteiger partial charge in [-0.15, -0.1) is 11.8 Å². The molecule has 0 aliphatic carbocycles. The molecule has 0 saturated heterocycles. The third kappa shape index (κ3) is 5.10. The summed E-state index contributed by atoms with van der Waals surface area (Å²) in [6, 6.07) is 18.1. The first-order chi connectivity index (χ1) is 15.1. The first kappa shape index (κ1) is 20.6. The van der Waals surface area contributed by atoms with Gasteiger partial charge in [0.2, 0.25) is 11.8 Å². The van der Waals surface area contributed by atoms with Gasteiger partial charge in [-0.05, 0) is 42.0 Å². The van der Waals surface area contributed by atoms with E-state index in [2.05, 4.69) is 15.6 Å². The smallest absolute Gasteiger partial charge is 0.255 e. The lowest BCUT2D eigenvalue weighted by Gasteiger charge is -2.28. The maximum Gasteiger partial charge on any atom is 0.255 e. The summed E-state index contributed by atoms with van der Waals surface area (Å²) in [6.07, 6.45) is 3.12. The van der Waals surface area contributed by atoms with Crippen LogP contribution in [-0.4, -0.2) is 35.0 Å². The molecule has 0 bridgehead atoms. The second kappa shape index (κ2) is 9.44. The van der Waals surface area contributed by atoms with Crippen LogP contribution >= 0.6 is 11.8 Å². The predicted octanol–water partition coefficient (Wildman–Crippen LogP) is 3.09. The fourth-order valence-corrected chi connectivity index (χ4v) is 4.13. The lowest BCUT2D eigenvalue weighted by atomic mass is 10.2. The number of rotatable bonds is 6. The highest BCUT2D eigenvalue weighted by atomic mass is 32.2. The van der Waals surface area contributed by atoms with Gasteiger partial charge in [-0.2, -0.15) is 0 Å². The van der Waals surface area contributed by atoms with E-state index >= 15 is 0 Å². The van der Waals surface area contributed by atoms with E-state index in [1.807, 2.05) is 36.4 Å². The Balaban J connectivity index is 1.35. The minimum absolute atomic E-state index is 0.0329. The number of amides is 3. The van der Waals surface area contributed by atoms with Crippen LogP contribution in [0.4, 0.5) is 11.4 Å². The number of carbonyl (C=O) groups is 3. The normalized spacial score (nSPS) is 12.8. The zero-order valence-corrected chi connectivity index (χ0v) is 17.4. The fourth-order valence-electron chi connectivity index (χ4n) is 3.19. The number of aromatic nitrogens is 1. The number of para-hydroxylation sites is 1. The van der Waals surface area contributed by atoms with Crippen molar-refractivity contribution in [1.82, 2.24) is 10.3 Å². The maximum absolute atomic E-state index is 12.5. The number of benzene rings is 2. The average molecular weight is 433 g/mol. The van der Waals surface area contributed by atoms with Crippen molar-refractivity contribution in [2.24, 2.45) is 0 Å². The molecule has 1 aliphatic rings. The molecule has 3 amide bonds. The van der Waals surface area contributed by atoms with Crippen LogP contribution in [0.25, 0.3) is 0 Å². The van der Waals surface area contributed by atoms with E-state index in [-0.39, 0.29) is 30.8 Å². The number of anilines is 2. The third-order valence-electron chi connectivity index (χ3n) is 4.73. The summed E-state index contributed by atoms with van der Waals surface area (Å²) in [6.45, 7) is 0.255. The monoisotopic (exact) mass is 432 g/mol. The van der Waals surface area contributed by atoms with Gasteiger partial charge in [-0.3, -0.25) is 19.4 Å². The van der Waals surface area contributed by atoms with Crippen molar-refractivity contribution in [2.75, 3.05) is 22.5 Å². The molecular formula is C23H20N4O3S. The highest BCUT2D eigenvalue weighted by molar-refractivity contribution is 8.00. The average Bonchev–Trinajstić information content (AvgIpc) is 2.80. The topological polar surface area (TPSA) is 91.4 Å². The summed E-state index contributed by atoms with van der Waals surface area (Å²) >= 11 is 1.48. The molecule has 8 heteroatoms. The Bertz CT molecular complexity index is 1120. The number of nitrogens with one attached hydrogen (secondary N) is 2. The lowest BCUT2D eigenvalue weighted by Crippen LogP contribution is -2.43. The van der Waals surface area contributed by atoms with Crippen molar-refractivity contribution in [3.05, 3.63) is 84.2 Å². The van der Waals surface area contributed by atoms with Crippen molar-refractivity contribution in [3.8, 4) is 0 Å². The van der Waals surface area contributed by atoms with Gasteiger partial charge in [0.25, 0.3) is 5.91 Å². The van der Waals surface area contributed by atoms with Gasteiger partial charge < -0.3 is 15.5 Å². The van der Waals surface area contributed by atoms with Crippen LogP contribution in [0.15, 0.2) is 78.0 Å². The summed E-state index contributed by atoms with van der Waals surface area (Å²) in [5.74, 6) is -0.242. The van der Waals surface area contributed by atoms with Gasteiger partial charge in [0.1, 0.15) is 6.54 Å². The van der Waals surface area contributed by atoms with Crippen LogP contribution in [0, 0.1) is 0 Å². The van der Waals surface area contributed by atoms with E-state index in [1.54, 1.807) is 36.7 Å². The number of thioether (sulfide) groups is 1. The van der Waals surface area contributed by atoms with Crippen molar-refractivity contribution < 1.29 is 14.4 Å². The molecule has 0 unspecified atom stereocenters. The zero-order valence-electron chi connectivity index (χ0n) is 16.6. The van der Waals surface area contributed by atoms with E-state index in [0.29, 0.717) is 17.0 Å². The molecule has 0 spiro atoms. The molecule has 2 N–H and O–H groups in total. The van der Waals surface area contributed by atoms with E-state index in [1.165, 1.54) is 16.7 Å². The molecule has 0 fully saturated rings. The van der Waals surface area contributed by atoms with Crippen LogP contribution in [0.1, 0.15) is 15.9 Å². The van der Waals surface area contributed by atoms with E-state index < -0.39 is 0 Å². The van der Waals surface area contributed by atoms with Gasteiger partial charge in [0.15, 0.2) is 0 Å². The van der Waals surface area contributed by atoms with Crippen molar-refractivity contribution in [1.29, 1.82) is 0 Å². The Morgan fingerprint density at radius 3 is 2.68 bits per heavy atom. The zero-order chi connectivity index (χ0) is 21.6. The second-order valence-electron chi connectivity index (χ2n) is 6.90. The Morgan fingerprint density at radius 1 is 1.03 bits per heavy atom. The van der Waals surface area contributed by atoms with Gasteiger partial charge >= 0.3 is 0 Å². The van der Waals surface area contributed by atoms with Crippen LogP contribution < -0.4 is 15.5 Å². The van der Waals surface area contributed by atoms with E-state index in [9.17, 15) is 14.4 Å². The Labute approximate surface area is 183 Å². The fraction of sp³-hybridized carbons (Fsp3) is 0.130. The second-order valence-corrected chi connectivity index (χ2v) is 7.92. The van der Waals surface area contributed by atoms with Crippen LogP contribution in [-0.2, 0) is 16.1 Å². The van der Waals surface area contributed by atoms with Gasteiger partial charge in [0.05, 0.1) is 11.4 Å². The standard InChI is InChI=1S/C23H20N4O3S/c28-21(14-27-19-6-1-2-7-20(19)31-15-22(27)29)25-13-16-4-3-5-18(12-16)26-23(30)17-8-10-24-11-9-17/h1-12H,13-15H2,(H,25,28)(H,26,30). The molecule has 0 atom stereocenters. The van der Waals surface area contributed by atoms with Crippen molar-refractivity contribution in [2.45, 2.75) is 11.4 Å². The third-order valence-corrected chi connectivity index (χ3v) is 5.77. The van der Waals surface area contributed by atoms with Gasteiger partial charge in [-0.1, -0.05) is 24.3 Å². The minimum atomic E-state index is -0.249. The summed E-state index contributed by atoms with van der Waals surface area (Å²) in [4.78, 5) is 43.5. The maximum atomic E-state index is 12.5. The summed E-state index contributed by atoms with van der Waals surface area (Å²) in [5.41, 5.74) is 2.74. The predicted molar refractivity (Wildman–Crippen MR) is 120 cm³/mol. The van der Waals surface area contributed by atoms with Gasteiger partial charge in [0, 0.05) is 35.1 Å². The van der Waals surface area contributed by atoms with Crippen molar-refractivity contribution in [3.63, 3.8) is 0 Å². The number of fused-ring (bicyclic) bond motifs is 1. The molecule has 1 aliphatic heterocycles. The van der Waals surface area contributed by atoms with Crippen LogP contribution in [0.3, 0.4) is 0 Å². The molecule has 0 radical (unpaired) electrons. The van der Waals surface area contributed by atoms with E-state index in [0.717, 1.165) is 16.1 Å². The molecule has 2 heterocycles. The number of pyridine rings is 1. The number of hydrogen-bond acceptors (Lipinski definition) is 5. The van der Waals surface area contributed by atoms with Crippen molar-refractivity contribution >= 4 is 40.9 Å². The minimum Gasteiger partial charge on any atom is -0.350 e. The molecule has 156 valence electrons. The number of nitrogens with zero attached hydrogens (tertiary/aromatic N) is 2. The first-order valence-corrected chi connectivity index (χ1v) is 10.7. The Morgan fingerprint density at radius 2 is 1.84 bits per heavy atom. The molecule has 1 aromatic heterocycles. The Hall–Kier alpha value is -3.65. The van der Waals surface area contributed by atoms with E-state index in [4.69, 9.17) is 0 Å². The largest absolute Gasteiger partial charge is 0.350 e. The first-order valence-electron chi connectivity index (χ1n) is 9.69. The SMILES string of the molecule is O=C(CN1C(=O)CSc2ccccc21)NCc1cccc(NC(=O)c2ccncc2)c1. The highest BCUT2D eigenvalue weighted by Crippen LogP contribution is 2.34. The molecule has 4 rings (SSSR count). The number of carbonyl (C=O) groups excluding carboxylic acids is 3. The molecular weight excluding hydrogens is 412 g/mol. The molecule has 2 aromatic carbocycles. The summed E-state index contributed by atoms with van der Waals surface area (Å²) in [5, 5.41) is 5.68. The molecule has 31 heavy (non-hydrogen) atoms. The van der Waals surface area contributed by atoms with Crippen LogP contribution in [0.2, 0.25) is 0 Å². The summed E-state index contributed by atoms with van der Waals surface area (Å²) in [7, 11) is 0. The van der Waals surface area contributed by atoms with Crippen LogP contribution in [0.5, 0.6) is 0 Å².